The van der Waals surface area contributed by atoms with Gasteiger partial charge >= 0.3 is 0 Å². The SMILES string of the molecule is CCNC(=NCCC(=O)N1CCc2sccc2C1)NC(C)CCS(C)(=O)=O.I. The first-order valence-electron chi connectivity index (χ1n) is 9.34. The molecule has 0 saturated heterocycles. The van der Waals surface area contributed by atoms with Gasteiger partial charge in [0.2, 0.25) is 5.91 Å². The van der Waals surface area contributed by atoms with Crippen LogP contribution in [0.4, 0.5) is 0 Å². The fraction of sp³-hybridized carbons (Fsp3) is 0.667. The van der Waals surface area contributed by atoms with Gasteiger partial charge in [-0.15, -0.1) is 35.3 Å². The Morgan fingerprint density at radius 1 is 1.43 bits per heavy atom. The van der Waals surface area contributed by atoms with Gasteiger partial charge in [-0.1, -0.05) is 0 Å². The van der Waals surface area contributed by atoms with Crippen LogP contribution in [0.2, 0.25) is 0 Å². The van der Waals surface area contributed by atoms with Crippen LogP contribution in [0.15, 0.2) is 16.4 Å². The zero-order chi connectivity index (χ0) is 19.9. The summed E-state index contributed by atoms with van der Waals surface area (Å²) in [6.07, 6.45) is 3.06. The Morgan fingerprint density at radius 2 is 2.18 bits per heavy atom. The molecule has 0 fully saturated rings. The van der Waals surface area contributed by atoms with Crippen molar-refractivity contribution < 1.29 is 13.2 Å². The highest BCUT2D eigenvalue weighted by Gasteiger charge is 2.21. The number of fused-ring (bicyclic) bond motifs is 1. The lowest BCUT2D eigenvalue weighted by Gasteiger charge is -2.27. The Bertz CT molecular complexity index is 765. The monoisotopic (exact) mass is 542 g/mol. The van der Waals surface area contributed by atoms with Crippen LogP contribution < -0.4 is 10.6 Å². The molecular weight excluding hydrogens is 511 g/mol. The van der Waals surface area contributed by atoms with E-state index in [0.717, 1.165) is 13.0 Å². The van der Waals surface area contributed by atoms with Crippen LogP contribution in [0.25, 0.3) is 0 Å². The zero-order valence-corrected chi connectivity index (χ0v) is 20.7. The molecule has 0 saturated carbocycles. The highest BCUT2D eigenvalue weighted by Crippen LogP contribution is 2.24. The van der Waals surface area contributed by atoms with E-state index in [1.165, 1.54) is 16.7 Å². The molecule has 2 rings (SSSR count). The van der Waals surface area contributed by atoms with Crippen molar-refractivity contribution in [2.75, 3.05) is 31.6 Å². The van der Waals surface area contributed by atoms with Crippen LogP contribution in [-0.4, -0.2) is 62.9 Å². The van der Waals surface area contributed by atoms with Gasteiger partial charge in [0.05, 0.1) is 12.3 Å². The number of thiophene rings is 1. The molecule has 1 aliphatic rings. The maximum atomic E-state index is 12.5. The molecule has 7 nitrogen and oxygen atoms in total. The molecular formula is C18H31IN4O3S2. The summed E-state index contributed by atoms with van der Waals surface area (Å²) in [5.74, 6) is 0.875. The average molecular weight is 543 g/mol. The predicted octanol–water partition coefficient (Wildman–Crippen LogP) is 2.02. The molecule has 1 aliphatic heterocycles. The Balaban J connectivity index is 0.00000392. The number of amides is 1. The molecule has 1 unspecified atom stereocenters. The van der Waals surface area contributed by atoms with E-state index >= 15 is 0 Å². The molecule has 1 aromatic rings. The summed E-state index contributed by atoms with van der Waals surface area (Å²) in [6, 6.07) is 2.08. The fourth-order valence-electron chi connectivity index (χ4n) is 2.90. The number of nitrogens with one attached hydrogen (secondary N) is 2. The number of aliphatic imine (C=N–C) groups is 1. The van der Waals surface area contributed by atoms with Crippen LogP contribution >= 0.6 is 35.3 Å². The summed E-state index contributed by atoms with van der Waals surface area (Å²) in [5.41, 5.74) is 1.26. The summed E-state index contributed by atoms with van der Waals surface area (Å²) < 4.78 is 22.6. The van der Waals surface area contributed by atoms with Crippen molar-refractivity contribution in [3.63, 3.8) is 0 Å². The topological polar surface area (TPSA) is 90.9 Å². The zero-order valence-electron chi connectivity index (χ0n) is 16.7. The molecule has 0 radical (unpaired) electrons. The van der Waals surface area contributed by atoms with Gasteiger partial charge < -0.3 is 15.5 Å². The second-order valence-electron chi connectivity index (χ2n) is 6.91. The third-order valence-electron chi connectivity index (χ3n) is 4.40. The van der Waals surface area contributed by atoms with Gasteiger partial charge in [0.1, 0.15) is 9.84 Å². The predicted molar refractivity (Wildman–Crippen MR) is 126 cm³/mol. The lowest BCUT2D eigenvalue weighted by atomic mass is 10.1. The van der Waals surface area contributed by atoms with Gasteiger partial charge in [0.25, 0.3) is 0 Å². The molecule has 1 amide bonds. The van der Waals surface area contributed by atoms with Crippen molar-refractivity contribution in [2.24, 2.45) is 4.99 Å². The van der Waals surface area contributed by atoms with Crippen LogP contribution in [0, 0.1) is 0 Å². The Hall–Kier alpha value is -0.880. The van der Waals surface area contributed by atoms with Gasteiger partial charge in [-0.25, -0.2) is 8.42 Å². The van der Waals surface area contributed by atoms with Crippen LogP contribution in [0.3, 0.4) is 0 Å². The third kappa shape index (κ3) is 8.64. The number of carbonyl (C=O) groups is 1. The molecule has 28 heavy (non-hydrogen) atoms. The Kier molecular flexibility index (Phi) is 10.7. The summed E-state index contributed by atoms with van der Waals surface area (Å²) in [4.78, 5) is 20.2. The van der Waals surface area contributed by atoms with Crippen LogP contribution in [-0.2, 0) is 27.6 Å². The summed E-state index contributed by atoms with van der Waals surface area (Å²) in [7, 11) is -2.97. The molecule has 0 aliphatic carbocycles. The number of hydrogen-bond donors (Lipinski definition) is 2. The molecule has 160 valence electrons. The second kappa shape index (κ2) is 12.0. The van der Waals surface area contributed by atoms with Crippen molar-refractivity contribution in [1.29, 1.82) is 0 Å². The molecule has 2 N–H and O–H groups in total. The summed E-state index contributed by atoms with van der Waals surface area (Å²) in [5, 5.41) is 8.43. The minimum Gasteiger partial charge on any atom is -0.357 e. The molecule has 0 aromatic carbocycles. The number of nitrogens with zero attached hydrogens (tertiary/aromatic N) is 2. The van der Waals surface area contributed by atoms with Crippen molar-refractivity contribution in [2.45, 2.75) is 45.7 Å². The second-order valence-corrected chi connectivity index (χ2v) is 10.2. The lowest BCUT2D eigenvalue weighted by molar-refractivity contribution is -0.131. The first kappa shape index (κ1) is 25.2. The molecule has 0 spiro atoms. The normalized spacial score (nSPS) is 15.4. The van der Waals surface area contributed by atoms with Crippen molar-refractivity contribution >= 4 is 57.0 Å². The standard InChI is InChI=1S/C18H30N4O3S2.HI/c1-4-19-18(21-14(2)8-12-27(3,24)25)20-9-5-17(23)22-10-6-16-15(13-22)7-11-26-16;/h7,11,14H,4-6,8-10,12-13H2,1-3H3,(H2,19,20,21);1H. The Morgan fingerprint density at radius 3 is 2.86 bits per heavy atom. The minimum atomic E-state index is -2.97. The van der Waals surface area contributed by atoms with Crippen LogP contribution in [0.5, 0.6) is 0 Å². The molecule has 1 atom stereocenters. The van der Waals surface area contributed by atoms with Crippen molar-refractivity contribution in [1.82, 2.24) is 15.5 Å². The number of guanidine groups is 1. The molecule has 0 bridgehead atoms. The van der Waals surface area contributed by atoms with E-state index in [-0.39, 0.29) is 41.7 Å². The number of carbonyl (C=O) groups excluding carboxylic acids is 1. The molecule has 2 heterocycles. The van der Waals surface area contributed by atoms with Crippen molar-refractivity contribution in [3.05, 3.63) is 21.9 Å². The quantitative estimate of drug-likeness (QED) is 0.298. The van der Waals surface area contributed by atoms with E-state index < -0.39 is 9.84 Å². The van der Waals surface area contributed by atoms with E-state index in [4.69, 9.17) is 0 Å². The first-order valence-corrected chi connectivity index (χ1v) is 12.3. The maximum absolute atomic E-state index is 12.5. The highest BCUT2D eigenvalue weighted by atomic mass is 127. The molecule has 1 aromatic heterocycles. The maximum Gasteiger partial charge on any atom is 0.224 e. The number of rotatable bonds is 8. The van der Waals surface area contributed by atoms with Gasteiger partial charge in [-0.05, 0) is 43.7 Å². The van der Waals surface area contributed by atoms with Gasteiger partial charge in [-0.2, -0.15) is 0 Å². The van der Waals surface area contributed by atoms with Gasteiger partial charge in [0, 0.05) is 43.2 Å². The van der Waals surface area contributed by atoms with Gasteiger partial charge in [0.15, 0.2) is 5.96 Å². The number of sulfone groups is 1. The van der Waals surface area contributed by atoms with Crippen molar-refractivity contribution in [3.8, 4) is 0 Å². The van der Waals surface area contributed by atoms with E-state index in [0.29, 0.717) is 38.4 Å². The third-order valence-corrected chi connectivity index (χ3v) is 6.41. The fourth-order valence-corrected chi connectivity index (χ4v) is 4.57. The largest absolute Gasteiger partial charge is 0.357 e. The first-order chi connectivity index (χ1) is 12.8. The number of halogens is 1. The average Bonchev–Trinajstić information content (AvgIpc) is 3.07. The molecule has 10 heteroatoms. The Labute approximate surface area is 189 Å². The summed E-state index contributed by atoms with van der Waals surface area (Å²) in [6.45, 7) is 6.47. The van der Waals surface area contributed by atoms with E-state index in [1.807, 2.05) is 18.7 Å². The minimum absolute atomic E-state index is 0. The summed E-state index contributed by atoms with van der Waals surface area (Å²) >= 11 is 1.76. The highest BCUT2D eigenvalue weighted by molar-refractivity contribution is 14.0. The van der Waals surface area contributed by atoms with Gasteiger partial charge in [-0.3, -0.25) is 9.79 Å². The van der Waals surface area contributed by atoms with E-state index in [1.54, 1.807) is 11.3 Å². The lowest BCUT2D eigenvalue weighted by Crippen LogP contribution is -2.43. The van der Waals surface area contributed by atoms with Crippen LogP contribution in [0.1, 0.15) is 37.1 Å². The number of hydrogen-bond acceptors (Lipinski definition) is 5. The van der Waals surface area contributed by atoms with E-state index in [2.05, 4.69) is 27.1 Å². The smallest absolute Gasteiger partial charge is 0.224 e. The van der Waals surface area contributed by atoms with E-state index in [9.17, 15) is 13.2 Å².